The summed E-state index contributed by atoms with van der Waals surface area (Å²) in [6, 6.07) is 9.43. The highest BCUT2D eigenvalue weighted by molar-refractivity contribution is 6.00. The van der Waals surface area contributed by atoms with Gasteiger partial charge >= 0.3 is 0 Å². The summed E-state index contributed by atoms with van der Waals surface area (Å²) in [6.45, 7) is 3.87. The van der Waals surface area contributed by atoms with Gasteiger partial charge in [-0.15, -0.1) is 6.42 Å². The maximum Gasteiger partial charge on any atom is 0.253 e. The Labute approximate surface area is 147 Å². The number of carbonyl (C=O) groups excluding carboxylic acids is 2. The van der Waals surface area contributed by atoms with E-state index in [-0.39, 0.29) is 18.4 Å². The van der Waals surface area contributed by atoms with E-state index in [1.165, 1.54) is 0 Å². The van der Waals surface area contributed by atoms with Crippen LogP contribution in [0.5, 0.6) is 0 Å². The Morgan fingerprint density at radius 1 is 1.28 bits per heavy atom. The molecule has 2 amide bonds. The third kappa shape index (κ3) is 3.74. The molecule has 1 heterocycles. The van der Waals surface area contributed by atoms with Crippen molar-refractivity contribution >= 4 is 17.5 Å². The lowest BCUT2D eigenvalue weighted by Crippen LogP contribution is -2.33. The zero-order valence-corrected chi connectivity index (χ0v) is 14.4. The van der Waals surface area contributed by atoms with E-state index in [0.29, 0.717) is 22.9 Å². The molecule has 0 aliphatic heterocycles. The van der Waals surface area contributed by atoms with Gasteiger partial charge in [-0.3, -0.25) is 9.59 Å². The first kappa shape index (κ1) is 16.8. The molecule has 1 aliphatic carbocycles. The highest BCUT2D eigenvalue weighted by Gasteiger charge is 2.28. The summed E-state index contributed by atoms with van der Waals surface area (Å²) in [4.78, 5) is 24.4. The molecule has 2 aromatic rings. The summed E-state index contributed by atoms with van der Waals surface area (Å²) in [5.41, 5.74) is 3.97. The molecule has 0 unspecified atom stereocenters. The number of anilines is 1. The molecule has 1 aliphatic rings. The second-order valence-electron chi connectivity index (χ2n) is 6.34. The summed E-state index contributed by atoms with van der Waals surface area (Å²) in [7, 11) is 0. The van der Waals surface area contributed by atoms with Gasteiger partial charge in [0.2, 0.25) is 5.91 Å². The average Bonchev–Trinajstić information content (AvgIpc) is 3.38. The zero-order valence-electron chi connectivity index (χ0n) is 14.4. The number of nitrogens with zero attached hydrogens (tertiary/aromatic N) is 1. The van der Waals surface area contributed by atoms with Gasteiger partial charge in [-0.05, 0) is 51.0 Å². The highest BCUT2D eigenvalue weighted by Crippen LogP contribution is 2.38. The minimum absolute atomic E-state index is 0.0911. The number of benzene rings is 1. The van der Waals surface area contributed by atoms with Crippen LogP contribution in [-0.4, -0.2) is 22.9 Å². The number of aromatic nitrogens is 1. The van der Waals surface area contributed by atoms with Crippen molar-refractivity contribution in [2.45, 2.75) is 32.7 Å². The van der Waals surface area contributed by atoms with Gasteiger partial charge < -0.3 is 15.2 Å². The van der Waals surface area contributed by atoms with Crippen LogP contribution in [0, 0.1) is 26.2 Å². The van der Waals surface area contributed by atoms with Gasteiger partial charge in [-0.1, -0.05) is 12.0 Å². The molecule has 1 aromatic heterocycles. The molecule has 0 atom stereocenters. The second-order valence-corrected chi connectivity index (χ2v) is 6.34. The van der Waals surface area contributed by atoms with Crippen molar-refractivity contribution in [1.82, 2.24) is 9.88 Å². The molecule has 0 saturated heterocycles. The molecule has 25 heavy (non-hydrogen) atoms. The van der Waals surface area contributed by atoms with Crippen LogP contribution >= 0.6 is 0 Å². The Balaban J connectivity index is 1.59. The van der Waals surface area contributed by atoms with E-state index in [4.69, 9.17) is 6.42 Å². The molecule has 5 nitrogen and oxygen atoms in total. The van der Waals surface area contributed by atoms with E-state index >= 15 is 0 Å². The molecule has 0 spiro atoms. The Bertz CT molecular complexity index is 870. The fraction of sp³-hybridized carbons (Fsp3) is 0.300. The maximum absolute atomic E-state index is 12.4. The Hall–Kier alpha value is -3.00. The van der Waals surface area contributed by atoms with Crippen LogP contribution in [0.1, 0.15) is 46.2 Å². The zero-order chi connectivity index (χ0) is 18.0. The minimum Gasteiger partial charge on any atom is -0.345 e. The Morgan fingerprint density at radius 2 is 2.04 bits per heavy atom. The van der Waals surface area contributed by atoms with Gasteiger partial charge in [-0.2, -0.15) is 0 Å². The Morgan fingerprint density at radius 3 is 2.72 bits per heavy atom. The normalized spacial score (nSPS) is 13.2. The lowest BCUT2D eigenvalue weighted by molar-refractivity contribution is -0.115. The number of amides is 2. The Kier molecular flexibility index (Phi) is 4.62. The first-order valence-electron chi connectivity index (χ1n) is 8.32. The number of aryl methyl sites for hydroxylation is 1. The van der Waals surface area contributed by atoms with Crippen molar-refractivity contribution in [3.8, 4) is 12.3 Å². The summed E-state index contributed by atoms with van der Waals surface area (Å²) in [5.74, 6) is 1.99. The molecule has 128 valence electrons. The summed E-state index contributed by atoms with van der Waals surface area (Å²) < 4.78 is 2.21. The lowest BCUT2D eigenvalue weighted by atomic mass is 10.2. The number of hydrogen-bond acceptors (Lipinski definition) is 2. The molecule has 1 aromatic carbocycles. The lowest BCUT2D eigenvalue weighted by Gasteiger charge is -2.09. The number of carbonyl (C=O) groups is 2. The minimum atomic E-state index is -0.293. The van der Waals surface area contributed by atoms with E-state index in [1.807, 2.05) is 19.9 Å². The fourth-order valence-corrected chi connectivity index (χ4v) is 3.05. The molecule has 1 fully saturated rings. The summed E-state index contributed by atoms with van der Waals surface area (Å²) >= 11 is 0. The van der Waals surface area contributed by atoms with Crippen LogP contribution in [-0.2, 0) is 4.79 Å². The smallest absolute Gasteiger partial charge is 0.253 e. The number of rotatable bonds is 5. The van der Waals surface area contributed by atoms with Crippen molar-refractivity contribution in [2.24, 2.45) is 0 Å². The summed E-state index contributed by atoms with van der Waals surface area (Å²) in [6.07, 6.45) is 7.67. The molecular weight excluding hydrogens is 314 g/mol. The van der Waals surface area contributed by atoms with Crippen molar-refractivity contribution in [2.75, 3.05) is 11.9 Å². The van der Waals surface area contributed by atoms with Gasteiger partial charge in [0, 0.05) is 28.7 Å². The van der Waals surface area contributed by atoms with Crippen molar-refractivity contribution in [3.05, 3.63) is 52.8 Å². The molecule has 1 saturated carbocycles. The standard InChI is InChI=1S/C20H21N3O2/c1-4-15-6-5-7-16(11-15)22-19(24)12-21-20(25)18-10-13(2)23(14(18)3)17-8-9-17/h1,5-7,10-11,17H,8-9,12H2,2-3H3,(H,21,25)(H,22,24). The van der Waals surface area contributed by atoms with Crippen LogP contribution in [0.25, 0.3) is 0 Å². The molecule has 5 heteroatoms. The van der Waals surface area contributed by atoms with E-state index in [1.54, 1.807) is 24.3 Å². The van der Waals surface area contributed by atoms with E-state index in [2.05, 4.69) is 21.1 Å². The largest absolute Gasteiger partial charge is 0.345 e. The van der Waals surface area contributed by atoms with E-state index in [9.17, 15) is 9.59 Å². The molecule has 2 N–H and O–H groups in total. The van der Waals surface area contributed by atoms with Crippen LogP contribution in [0.4, 0.5) is 5.69 Å². The SMILES string of the molecule is C#Cc1cccc(NC(=O)CNC(=O)c2cc(C)n(C3CC3)c2C)c1. The quantitative estimate of drug-likeness (QED) is 0.825. The van der Waals surface area contributed by atoms with E-state index < -0.39 is 0 Å². The first-order valence-corrected chi connectivity index (χ1v) is 8.32. The number of terminal acetylenes is 1. The van der Waals surface area contributed by atoms with Crippen LogP contribution in [0.15, 0.2) is 30.3 Å². The van der Waals surface area contributed by atoms with Crippen LogP contribution in [0.2, 0.25) is 0 Å². The summed E-state index contributed by atoms with van der Waals surface area (Å²) in [5, 5.41) is 5.41. The van der Waals surface area contributed by atoms with Gasteiger partial charge in [0.25, 0.3) is 5.91 Å². The molecule has 0 bridgehead atoms. The fourth-order valence-electron chi connectivity index (χ4n) is 3.05. The second kappa shape index (κ2) is 6.86. The van der Waals surface area contributed by atoms with Crippen LogP contribution in [0.3, 0.4) is 0 Å². The van der Waals surface area contributed by atoms with Gasteiger partial charge in [-0.25, -0.2) is 0 Å². The third-order valence-electron chi connectivity index (χ3n) is 4.36. The van der Waals surface area contributed by atoms with Crippen molar-refractivity contribution in [1.29, 1.82) is 0 Å². The number of hydrogen-bond donors (Lipinski definition) is 2. The third-order valence-corrected chi connectivity index (χ3v) is 4.36. The predicted molar refractivity (Wildman–Crippen MR) is 97.5 cm³/mol. The molecular formula is C20H21N3O2. The average molecular weight is 335 g/mol. The van der Waals surface area contributed by atoms with Gasteiger partial charge in [0.15, 0.2) is 0 Å². The van der Waals surface area contributed by atoms with Crippen molar-refractivity contribution < 1.29 is 9.59 Å². The molecule has 0 radical (unpaired) electrons. The first-order chi connectivity index (χ1) is 12.0. The van der Waals surface area contributed by atoms with Crippen molar-refractivity contribution in [3.63, 3.8) is 0 Å². The van der Waals surface area contributed by atoms with Crippen LogP contribution < -0.4 is 10.6 Å². The highest BCUT2D eigenvalue weighted by atomic mass is 16.2. The predicted octanol–water partition coefficient (Wildman–Crippen LogP) is 2.79. The van der Waals surface area contributed by atoms with Gasteiger partial charge in [0.05, 0.1) is 12.1 Å². The monoisotopic (exact) mass is 335 g/mol. The van der Waals surface area contributed by atoms with Gasteiger partial charge in [0.1, 0.15) is 0 Å². The maximum atomic E-state index is 12.4. The number of nitrogens with one attached hydrogen (secondary N) is 2. The molecule has 3 rings (SSSR count). The topological polar surface area (TPSA) is 63.1 Å². The van der Waals surface area contributed by atoms with E-state index in [0.717, 1.165) is 24.2 Å².